The van der Waals surface area contributed by atoms with E-state index in [1.54, 1.807) is 12.1 Å². The fraction of sp³-hybridized carbons (Fsp3) is 0.269. The van der Waals surface area contributed by atoms with Crippen LogP contribution in [0.2, 0.25) is 0 Å². The fourth-order valence-electron chi connectivity index (χ4n) is 3.61. The quantitative estimate of drug-likeness (QED) is 0.295. The summed E-state index contributed by atoms with van der Waals surface area (Å²) < 4.78 is 21.1. The van der Waals surface area contributed by atoms with Gasteiger partial charge in [0, 0.05) is 12.2 Å². The minimum atomic E-state index is -0.391. The Morgan fingerprint density at radius 1 is 1.03 bits per heavy atom. The number of carbonyl (C=O) groups excluding carboxylic acids is 1. The topological polar surface area (TPSA) is 69.0 Å². The lowest BCUT2D eigenvalue weighted by Gasteiger charge is -2.17. The van der Waals surface area contributed by atoms with Gasteiger partial charge in [0.05, 0.1) is 5.75 Å². The Bertz CT molecular complexity index is 1270. The van der Waals surface area contributed by atoms with E-state index < -0.39 is 6.10 Å². The zero-order valence-corrected chi connectivity index (χ0v) is 20.2. The second kappa shape index (κ2) is 10.7. The van der Waals surface area contributed by atoms with E-state index in [0.717, 1.165) is 16.5 Å². The molecular formula is C26H27FN4O2S. The van der Waals surface area contributed by atoms with Crippen molar-refractivity contribution in [2.75, 3.05) is 11.1 Å². The Hall–Kier alpha value is -3.39. The van der Waals surface area contributed by atoms with Gasteiger partial charge in [0.25, 0.3) is 0 Å². The average Bonchev–Trinajstić information content (AvgIpc) is 3.21. The van der Waals surface area contributed by atoms with Crippen LogP contribution in [0.5, 0.6) is 5.75 Å². The summed E-state index contributed by atoms with van der Waals surface area (Å²) in [7, 11) is 0. The van der Waals surface area contributed by atoms with Gasteiger partial charge in [-0.2, -0.15) is 0 Å². The molecule has 0 saturated heterocycles. The first kappa shape index (κ1) is 23.8. The molecule has 1 N–H and O–H groups in total. The van der Waals surface area contributed by atoms with Gasteiger partial charge in [-0.05, 0) is 60.0 Å². The van der Waals surface area contributed by atoms with Crippen molar-refractivity contribution >= 4 is 34.1 Å². The van der Waals surface area contributed by atoms with Crippen molar-refractivity contribution in [3.05, 3.63) is 78.4 Å². The highest BCUT2D eigenvalue weighted by Crippen LogP contribution is 2.26. The Kier molecular flexibility index (Phi) is 7.47. The van der Waals surface area contributed by atoms with Crippen LogP contribution in [0.15, 0.2) is 71.9 Å². The number of halogens is 1. The van der Waals surface area contributed by atoms with Crippen molar-refractivity contribution in [2.45, 2.75) is 38.6 Å². The van der Waals surface area contributed by atoms with Crippen LogP contribution >= 0.6 is 11.8 Å². The molecule has 0 aliphatic rings. The molecule has 176 valence electrons. The second-order valence-corrected chi connectivity index (χ2v) is 9.40. The van der Waals surface area contributed by atoms with E-state index in [1.807, 2.05) is 54.0 Å². The largest absolute Gasteiger partial charge is 0.483 e. The number of nitrogens with zero attached hydrogens (tertiary/aromatic N) is 3. The van der Waals surface area contributed by atoms with Crippen LogP contribution in [0, 0.1) is 11.7 Å². The third kappa shape index (κ3) is 5.94. The molecule has 1 heterocycles. The van der Waals surface area contributed by atoms with Gasteiger partial charge in [0.15, 0.2) is 17.1 Å². The molecule has 4 rings (SSSR count). The normalized spacial score (nSPS) is 12.1. The Labute approximate surface area is 202 Å². The number of amides is 1. The number of hydrogen-bond acceptors (Lipinski definition) is 5. The van der Waals surface area contributed by atoms with E-state index in [1.165, 1.54) is 23.9 Å². The first-order valence-corrected chi connectivity index (χ1v) is 12.1. The highest BCUT2D eigenvalue weighted by Gasteiger charge is 2.21. The molecule has 0 aliphatic carbocycles. The number of thioether (sulfide) groups is 1. The number of benzene rings is 3. The molecule has 0 saturated carbocycles. The van der Waals surface area contributed by atoms with Gasteiger partial charge in [-0.3, -0.25) is 4.79 Å². The van der Waals surface area contributed by atoms with Gasteiger partial charge in [-0.25, -0.2) is 4.39 Å². The van der Waals surface area contributed by atoms with Gasteiger partial charge < -0.3 is 14.6 Å². The molecule has 0 fully saturated rings. The van der Waals surface area contributed by atoms with Crippen molar-refractivity contribution < 1.29 is 13.9 Å². The van der Waals surface area contributed by atoms with Crippen molar-refractivity contribution in [1.82, 2.24) is 14.8 Å². The zero-order chi connectivity index (χ0) is 24.1. The molecule has 1 amide bonds. The number of fused-ring (bicyclic) bond motifs is 1. The first-order chi connectivity index (χ1) is 16.4. The summed E-state index contributed by atoms with van der Waals surface area (Å²) in [5.74, 6) is 1.34. The first-order valence-electron chi connectivity index (χ1n) is 11.2. The van der Waals surface area contributed by atoms with E-state index in [2.05, 4.69) is 29.4 Å². The minimum Gasteiger partial charge on any atom is -0.483 e. The summed E-state index contributed by atoms with van der Waals surface area (Å²) in [6.07, 6.45) is -0.391. The van der Waals surface area contributed by atoms with E-state index in [4.69, 9.17) is 4.74 Å². The third-order valence-electron chi connectivity index (χ3n) is 5.15. The standard InChI is InChI=1S/C26H27FN4O2S/c1-17(2)15-31-25(18(3)33-23-12-9-21(27)10-13-23)29-30-26(31)34-16-24(32)28-22-11-8-19-6-4-5-7-20(19)14-22/h4-14,17-18H,15-16H2,1-3H3,(H,28,32). The molecular weight excluding hydrogens is 451 g/mol. The van der Waals surface area contributed by atoms with Crippen LogP contribution in [-0.4, -0.2) is 26.4 Å². The van der Waals surface area contributed by atoms with Gasteiger partial charge >= 0.3 is 0 Å². The molecule has 1 aromatic heterocycles. The summed E-state index contributed by atoms with van der Waals surface area (Å²) in [5.41, 5.74) is 0.759. The molecule has 0 spiro atoms. The summed E-state index contributed by atoms with van der Waals surface area (Å²) in [4.78, 5) is 12.6. The number of hydrogen-bond donors (Lipinski definition) is 1. The molecule has 3 aromatic carbocycles. The van der Waals surface area contributed by atoms with Crippen LogP contribution in [-0.2, 0) is 11.3 Å². The SMILES string of the molecule is CC(C)Cn1c(SCC(=O)Nc2ccc3ccccc3c2)nnc1C(C)Oc1ccc(F)cc1. The molecule has 34 heavy (non-hydrogen) atoms. The fourth-order valence-corrected chi connectivity index (χ4v) is 4.36. The maximum absolute atomic E-state index is 13.2. The Morgan fingerprint density at radius 2 is 1.76 bits per heavy atom. The lowest BCUT2D eigenvalue weighted by atomic mass is 10.1. The lowest BCUT2D eigenvalue weighted by Crippen LogP contribution is -2.17. The minimum absolute atomic E-state index is 0.114. The summed E-state index contributed by atoms with van der Waals surface area (Å²) >= 11 is 1.34. The monoisotopic (exact) mass is 478 g/mol. The van der Waals surface area contributed by atoms with Gasteiger partial charge in [0.2, 0.25) is 5.91 Å². The molecule has 1 unspecified atom stereocenters. The van der Waals surface area contributed by atoms with Crippen molar-refractivity contribution in [3.8, 4) is 5.75 Å². The lowest BCUT2D eigenvalue weighted by molar-refractivity contribution is -0.113. The van der Waals surface area contributed by atoms with Crippen molar-refractivity contribution in [1.29, 1.82) is 0 Å². The van der Waals surface area contributed by atoms with Crippen LogP contribution in [0.3, 0.4) is 0 Å². The molecule has 0 bridgehead atoms. The second-order valence-electron chi connectivity index (χ2n) is 8.46. The van der Waals surface area contributed by atoms with Crippen LogP contribution in [0.4, 0.5) is 10.1 Å². The van der Waals surface area contributed by atoms with Crippen LogP contribution in [0.25, 0.3) is 10.8 Å². The number of nitrogens with one attached hydrogen (secondary N) is 1. The maximum atomic E-state index is 13.2. The van der Waals surface area contributed by atoms with E-state index in [0.29, 0.717) is 29.2 Å². The van der Waals surface area contributed by atoms with Gasteiger partial charge in [-0.1, -0.05) is 55.9 Å². The molecule has 4 aromatic rings. The Balaban J connectivity index is 1.43. The smallest absolute Gasteiger partial charge is 0.234 e. The van der Waals surface area contributed by atoms with Gasteiger partial charge in [0.1, 0.15) is 11.6 Å². The number of carbonyl (C=O) groups is 1. The molecule has 0 radical (unpaired) electrons. The maximum Gasteiger partial charge on any atom is 0.234 e. The molecule has 1 atom stereocenters. The third-order valence-corrected chi connectivity index (χ3v) is 6.12. The summed E-state index contributed by atoms with van der Waals surface area (Å²) in [6, 6.07) is 19.8. The number of anilines is 1. The number of aromatic nitrogens is 3. The van der Waals surface area contributed by atoms with E-state index in [-0.39, 0.29) is 17.5 Å². The summed E-state index contributed by atoms with van der Waals surface area (Å²) in [5, 5.41) is 14.5. The molecule has 0 aliphatic heterocycles. The molecule has 8 heteroatoms. The number of ether oxygens (including phenoxy) is 1. The predicted octanol–water partition coefficient (Wildman–Crippen LogP) is 6.10. The van der Waals surface area contributed by atoms with E-state index >= 15 is 0 Å². The van der Waals surface area contributed by atoms with Crippen molar-refractivity contribution in [2.24, 2.45) is 5.92 Å². The zero-order valence-electron chi connectivity index (χ0n) is 19.4. The highest BCUT2D eigenvalue weighted by atomic mass is 32.2. The van der Waals surface area contributed by atoms with Crippen LogP contribution < -0.4 is 10.1 Å². The summed E-state index contributed by atoms with van der Waals surface area (Å²) in [6.45, 7) is 6.78. The molecule has 6 nitrogen and oxygen atoms in total. The van der Waals surface area contributed by atoms with Crippen LogP contribution in [0.1, 0.15) is 32.7 Å². The average molecular weight is 479 g/mol. The van der Waals surface area contributed by atoms with E-state index in [9.17, 15) is 9.18 Å². The van der Waals surface area contributed by atoms with Gasteiger partial charge in [-0.15, -0.1) is 10.2 Å². The Morgan fingerprint density at radius 3 is 2.50 bits per heavy atom. The predicted molar refractivity (Wildman–Crippen MR) is 134 cm³/mol. The van der Waals surface area contributed by atoms with Crippen molar-refractivity contribution in [3.63, 3.8) is 0 Å². The highest BCUT2D eigenvalue weighted by molar-refractivity contribution is 7.99. The number of rotatable bonds is 9.